The van der Waals surface area contributed by atoms with Crippen molar-refractivity contribution < 1.29 is 24.2 Å². The van der Waals surface area contributed by atoms with E-state index in [2.05, 4.69) is 5.32 Å². The van der Waals surface area contributed by atoms with Crippen LogP contribution < -0.4 is 5.32 Å². The molecular weight excluding hydrogens is 286 g/mol. The van der Waals surface area contributed by atoms with Gasteiger partial charge in [0.15, 0.2) is 0 Å². The predicted molar refractivity (Wildman–Crippen MR) is 80.3 cm³/mol. The van der Waals surface area contributed by atoms with Gasteiger partial charge in [0, 0.05) is 12.3 Å². The zero-order valence-electron chi connectivity index (χ0n) is 12.7. The van der Waals surface area contributed by atoms with Gasteiger partial charge in [-0.2, -0.15) is 0 Å². The fourth-order valence-electron chi connectivity index (χ4n) is 1.74. The SMILES string of the molecule is CCC(C)C(=O)CC(NC(=O)OCc1ccccc1)C(=O)O. The number of nitrogens with one attached hydrogen (secondary N) is 1. The minimum absolute atomic E-state index is 0.0400. The second-order valence-corrected chi connectivity index (χ2v) is 5.08. The topological polar surface area (TPSA) is 92.7 Å². The number of Topliss-reactive ketones (excluding diaryl/α,β-unsaturated/α-hetero) is 1. The number of rotatable bonds is 8. The molecule has 0 heterocycles. The van der Waals surface area contributed by atoms with Gasteiger partial charge in [-0.1, -0.05) is 44.2 Å². The van der Waals surface area contributed by atoms with Gasteiger partial charge in [0.25, 0.3) is 0 Å². The molecule has 1 aromatic carbocycles. The fraction of sp³-hybridized carbons (Fsp3) is 0.438. The highest BCUT2D eigenvalue weighted by Crippen LogP contribution is 2.08. The Kier molecular flexibility index (Phi) is 7.08. The zero-order valence-corrected chi connectivity index (χ0v) is 12.7. The van der Waals surface area contributed by atoms with Crippen molar-refractivity contribution in [2.45, 2.75) is 39.3 Å². The Bertz CT molecular complexity index is 515. The van der Waals surface area contributed by atoms with Crippen molar-refractivity contribution in [2.24, 2.45) is 5.92 Å². The van der Waals surface area contributed by atoms with Gasteiger partial charge >= 0.3 is 12.1 Å². The molecule has 0 aliphatic heterocycles. The Balaban J connectivity index is 2.50. The van der Waals surface area contributed by atoms with Crippen LogP contribution in [0.4, 0.5) is 4.79 Å². The number of benzene rings is 1. The molecule has 0 fully saturated rings. The van der Waals surface area contributed by atoms with Crippen LogP contribution in [-0.4, -0.2) is 29.0 Å². The Morgan fingerprint density at radius 3 is 2.41 bits per heavy atom. The van der Waals surface area contributed by atoms with Gasteiger partial charge < -0.3 is 15.2 Å². The van der Waals surface area contributed by atoms with Crippen molar-refractivity contribution in [1.29, 1.82) is 0 Å². The van der Waals surface area contributed by atoms with Crippen LogP contribution in [0.2, 0.25) is 0 Å². The van der Waals surface area contributed by atoms with E-state index in [0.717, 1.165) is 5.56 Å². The molecule has 0 aliphatic carbocycles. The summed E-state index contributed by atoms with van der Waals surface area (Å²) >= 11 is 0. The first-order valence-electron chi connectivity index (χ1n) is 7.16. The summed E-state index contributed by atoms with van der Waals surface area (Å²) in [6.45, 7) is 3.62. The van der Waals surface area contributed by atoms with Crippen LogP contribution >= 0.6 is 0 Å². The average Bonchev–Trinajstić information content (AvgIpc) is 2.52. The minimum Gasteiger partial charge on any atom is -0.480 e. The molecule has 0 aromatic heterocycles. The maximum atomic E-state index is 11.8. The van der Waals surface area contributed by atoms with E-state index in [9.17, 15) is 14.4 Å². The van der Waals surface area contributed by atoms with E-state index in [4.69, 9.17) is 9.84 Å². The van der Waals surface area contributed by atoms with Crippen molar-refractivity contribution in [3.8, 4) is 0 Å². The third-order valence-electron chi connectivity index (χ3n) is 3.37. The predicted octanol–water partition coefficient (Wildman–Crippen LogP) is 2.37. The molecular formula is C16H21NO5. The molecule has 1 rings (SSSR count). The third kappa shape index (κ3) is 5.95. The van der Waals surface area contributed by atoms with Gasteiger partial charge in [-0.3, -0.25) is 4.79 Å². The summed E-state index contributed by atoms with van der Waals surface area (Å²) in [4.78, 5) is 34.6. The highest BCUT2D eigenvalue weighted by molar-refractivity contribution is 5.89. The van der Waals surface area contributed by atoms with Crippen molar-refractivity contribution in [3.05, 3.63) is 35.9 Å². The molecule has 120 valence electrons. The normalized spacial score (nSPS) is 13.0. The number of alkyl carbamates (subject to hydrolysis) is 1. The first-order valence-corrected chi connectivity index (χ1v) is 7.16. The summed E-state index contributed by atoms with van der Waals surface area (Å²) in [5, 5.41) is 11.3. The van der Waals surface area contributed by atoms with Crippen LogP contribution in [0.3, 0.4) is 0 Å². The van der Waals surface area contributed by atoms with E-state index < -0.39 is 18.1 Å². The number of hydrogen-bond donors (Lipinski definition) is 2. The molecule has 2 atom stereocenters. The molecule has 0 radical (unpaired) electrons. The van der Waals surface area contributed by atoms with Crippen LogP contribution in [-0.2, 0) is 20.9 Å². The van der Waals surface area contributed by atoms with Crippen LogP contribution in [0.1, 0.15) is 32.3 Å². The number of ether oxygens (including phenoxy) is 1. The van der Waals surface area contributed by atoms with E-state index in [1.807, 2.05) is 13.0 Å². The Hall–Kier alpha value is -2.37. The molecule has 22 heavy (non-hydrogen) atoms. The first-order chi connectivity index (χ1) is 10.4. The Morgan fingerprint density at radius 2 is 1.86 bits per heavy atom. The number of carbonyl (C=O) groups excluding carboxylic acids is 2. The molecule has 0 spiro atoms. The molecule has 0 saturated carbocycles. The van der Waals surface area contributed by atoms with Gasteiger partial charge in [0.1, 0.15) is 18.4 Å². The van der Waals surface area contributed by atoms with E-state index >= 15 is 0 Å². The van der Waals surface area contributed by atoms with E-state index in [1.54, 1.807) is 31.2 Å². The lowest BCUT2D eigenvalue weighted by molar-refractivity contribution is -0.141. The van der Waals surface area contributed by atoms with E-state index in [-0.39, 0.29) is 24.7 Å². The van der Waals surface area contributed by atoms with Crippen LogP contribution in [0, 0.1) is 5.92 Å². The molecule has 1 aromatic rings. The van der Waals surface area contributed by atoms with Crippen molar-refractivity contribution in [1.82, 2.24) is 5.32 Å². The van der Waals surface area contributed by atoms with Gasteiger partial charge in [0.2, 0.25) is 0 Å². The molecule has 6 nitrogen and oxygen atoms in total. The van der Waals surface area contributed by atoms with E-state index in [1.165, 1.54) is 0 Å². The summed E-state index contributed by atoms with van der Waals surface area (Å²) in [6.07, 6.45) is -0.470. The minimum atomic E-state index is -1.27. The monoisotopic (exact) mass is 307 g/mol. The molecule has 6 heteroatoms. The Labute approximate surface area is 129 Å². The number of amides is 1. The molecule has 1 amide bonds. The number of hydrogen-bond acceptors (Lipinski definition) is 4. The lowest BCUT2D eigenvalue weighted by Gasteiger charge is -2.16. The molecule has 2 N–H and O–H groups in total. The number of carboxylic acid groups (broad SMARTS) is 1. The number of carbonyl (C=O) groups is 3. The highest BCUT2D eigenvalue weighted by Gasteiger charge is 2.25. The second-order valence-electron chi connectivity index (χ2n) is 5.08. The summed E-state index contributed by atoms with van der Waals surface area (Å²) in [6, 6.07) is 7.75. The third-order valence-corrected chi connectivity index (χ3v) is 3.37. The van der Waals surface area contributed by atoms with Crippen molar-refractivity contribution in [2.75, 3.05) is 0 Å². The first kappa shape index (κ1) is 17.7. The number of aliphatic carboxylic acids is 1. The lowest BCUT2D eigenvalue weighted by atomic mass is 9.98. The van der Waals surface area contributed by atoms with E-state index in [0.29, 0.717) is 6.42 Å². The van der Waals surface area contributed by atoms with Crippen molar-refractivity contribution >= 4 is 17.8 Å². The lowest BCUT2D eigenvalue weighted by Crippen LogP contribution is -2.43. The van der Waals surface area contributed by atoms with Gasteiger partial charge in [0.05, 0.1) is 0 Å². The summed E-state index contributed by atoms with van der Waals surface area (Å²) in [5.74, 6) is -1.68. The summed E-state index contributed by atoms with van der Waals surface area (Å²) in [5.41, 5.74) is 0.792. The standard InChI is InChI=1S/C16H21NO5/c1-3-11(2)14(18)9-13(15(19)20)17-16(21)22-10-12-7-5-4-6-8-12/h4-8,11,13H,3,9-10H2,1-2H3,(H,17,21)(H,19,20). The van der Waals surface area contributed by atoms with Gasteiger partial charge in [-0.15, -0.1) is 0 Å². The summed E-state index contributed by atoms with van der Waals surface area (Å²) < 4.78 is 4.95. The van der Waals surface area contributed by atoms with Gasteiger partial charge in [-0.25, -0.2) is 9.59 Å². The second kappa shape index (κ2) is 8.81. The maximum absolute atomic E-state index is 11.8. The summed E-state index contributed by atoms with van der Waals surface area (Å²) in [7, 11) is 0. The van der Waals surface area contributed by atoms with Crippen LogP contribution in [0.15, 0.2) is 30.3 Å². The Morgan fingerprint density at radius 1 is 1.23 bits per heavy atom. The molecule has 2 unspecified atom stereocenters. The molecule has 0 bridgehead atoms. The molecule has 0 aliphatic rings. The average molecular weight is 307 g/mol. The highest BCUT2D eigenvalue weighted by atomic mass is 16.5. The maximum Gasteiger partial charge on any atom is 0.408 e. The van der Waals surface area contributed by atoms with Gasteiger partial charge in [-0.05, 0) is 12.0 Å². The van der Waals surface area contributed by atoms with Crippen LogP contribution in [0.5, 0.6) is 0 Å². The number of carboxylic acids is 1. The fourth-order valence-corrected chi connectivity index (χ4v) is 1.74. The number of ketones is 1. The quantitative estimate of drug-likeness (QED) is 0.769. The molecule has 0 saturated heterocycles. The zero-order chi connectivity index (χ0) is 16.5. The van der Waals surface area contributed by atoms with Crippen molar-refractivity contribution in [3.63, 3.8) is 0 Å². The largest absolute Gasteiger partial charge is 0.480 e. The smallest absolute Gasteiger partial charge is 0.408 e. The van der Waals surface area contributed by atoms with Crippen LogP contribution in [0.25, 0.3) is 0 Å².